The van der Waals surface area contributed by atoms with Gasteiger partial charge < -0.3 is 25.0 Å². The first-order valence-corrected chi connectivity index (χ1v) is 13.1. The van der Waals surface area contributed by atoms with Crippen molar-refractivity contribution in [1.29, 1.82) is 0 Å². The molecule has 9 nitrogen and oxygen atoms in total. The van der Waals surface area contributed by atoms with Crippen molar-refractivity contribution in [3.63, 3.8) is 0 Å². The number of carbonyl (C=O) groups excluding carboxylic acids is 3. The van der Waals surface area contributed by atoms with E-state index in [0.717, 1.165) is 16.5 Å². The lowest BCUT2D eigenvalue weighted by molar-refractivity contribution is -0.141. The van der Waals surface area contributed by atoms with E-state index in [1.807, 2.05) is 31.2 Å². The highest BCUT2D eigenvalue weighted by Gasteiger charge is 2.31. The molecule has 0 aliphatic rings. The summed E-state index contributed by atoms with van der Waals surface area (Å²) in [5.41, 5.74) is 2.53. The van der Waals surface area contributed by atoms with Crippen molar-refractivity contribution in [2.24, 2.45) is 13.0 Å². The van der Waals surface area contributed by atoms with Gasteiger partial charge >= 0.3 is 5.97 Å². The summed E-state index contributed by atoms with van der Waals surface area (Å²) in [5, 5.41) is 16.2. The van der Waals surface area contributed by atoms with Gasteiger partial charge in [-0.1, -0.05) is 61.3 Å². The number of hydrogen-bond acceptors (Lipinski definition) is 5. The lowest BCUT2D eigenvalue weighted by Gasteiger charge is -2.25. The molecule has 3 aromatic rings. The van der Waals surface area contributed by atoms with Crippen molar-refractivity contribution in [3.05, 3.63) is 69.3 Å². The minimum Gasteiger partial charge on any atom is -0.481 e. The smallest absolute Gasteiger partial charge is 0.305 e. The van der Waals surface area contributed by atoms with E-state index in [-0.39, 0.29) is 12.5 Å². The summed E-state index contributed by atoms with van der Waals surface area (Å²) >= 11 is 12.2. The van der Waals surface area contributed by atoms with Crippen molar-refractivity contribution >= 4 is 57.7 Å². The Morgan fingerprint density at radius 1 is 1.00 bits per heavy atom. The first-order chi connectivity index (χ1) is 18.4. The van der Waals surface area contributed by atoms with Gasteiger partial charge in [-0.15, -0.1) is 0 Å². The number of carbonyl (C=O) groups is 4. The normalized spacial score (nSPS) is 12.8. The number of aromatic nitrogens is 1. The van der Waals surface area contributed by atoms with Gasteiger partial charge in [0.25, 0.3) is 5.91 Å². The Morgan fingerprint density at radius 3 is 2.23 bits per heavy atom. The van der Waals surface area contributed by atoms with Gasteiger partial charge in [-0.25, -0.2) is 0 Å². The standard InChI is InChI=1S/C28H31Cl2N3O6/c1-15(2)25(32-28(38)26-16(3)17-8-5-6-11-22(17)33(26)4)27(37)31-21(12-24(35)36)23(34)14-39-13-18-19(29)9-7-10-20(18)30/h5-11,15,21,25H,12-14H2,1-4H3,(H,31,37)(H,32,38)(H,35,36)/t21?,25-/m0/s1. The van der Waals surface area contributed by atoms with Crippen LogP contribution in [0.15, 0.2) is 42.5 Å². The summed E-state index contributed by atoms with van der Waals surface area (Å²) in [6, 6.07) is 10.1. The fourth-order valence-corrected chi connectivity index (χ4v) is 4.86. The van der Waals surface area contributed by atoms with Crippen molar-refractivity contribution in [2.75, 3.05) is 6.61 Å². The molecule has 0 bridgehead atoms. The molecule has 3 rings (SSSR count). The molecule has 0 fully saturated rings. The number of nitrogens with one attached hydrogen (secondary N) is 2. The summed E-state index contributed by atoms with van der Waals surface area (Å²) in [6.45, 7) is 4.76. The lowest BCUT2D eigenvalue weighted by atomic mass is 10.0. The van der Waals surface area contributed by atoms with Crippen LogP contribution < -0.4 is 10.6 Å². The van der Waals surface area contributed by atoms with Crippen LogP contribution in [-0.2, 0) is 32.8 Å². The van der Waals surface area contributed by atoms with E-state index >= 15 is 0 Å². The first-order valence-electron chi connectivity index (χ1n) is 12.3. The Kier molecular flexibility index (Phi) is 10.1. The number of ketones is 1. The van der Waals surface area contributed by atoms with E-state index in [4.69, 9.17) is 27.9 Å². The number of nitrogens with zero attached hydrogens (tertiary/aromatic N) is 1. The van der Waals surface area contributed by atoms with Crippen LogP contribution >= 0.6 is 23.2 Å². The van der Waals surface area contributed by atoms with Crippen LogP contribution in [0.1, 0.15) is 41.9 Å². The average Bonchev–Trinajstić information content (AvgIpc) is 3.13. The van der Waals surface area contributed by atoms with Crippen molar-refractivity contribution in [3.8, 4) is 0 Å². The highest BCUT2D eigenvalue weighted by molar-refractivity contribution is 6.35. The van der Waals surface area contributed by atoms with Crippen molar-refractivity contribution < 1.29 is 29.0 Å². The van der Waals surface area contributed by atoms with Crippen molar-refractivity contribution in [2.45, 2.75) is 45.9 Å². The summed E-state index contributed by atoms with van der Waals surface area (Å²) in [7, 11) is 1.77. The third-order valence-electron chi connectivity index (χ3n) is 6.45. The maximum atomic E-state index is 13.3. The largest absolute Gasteiger partial charge is 0.481 e. The summed E-state index contributed by atoms with van der Waals surface area (Å²) in [6.07, 6.45) is -0.651. The number of ether oxygens (including phenoxy) is 1. The van der Waals surface area contributed by atoms with Crippen LogP contribution in [0.5, 0.6) is 0 Å². The number of carboxylic acid groups (broad SMARTS) is 1. The zero-order valence-corrected chi connectivity index (χ0v) is 23.6. The molecule has 2 atom stereocenters. The molecule has 1 aromatic heterocycles. The van der Waals surface area contributed by atoms with Crippen LogP contribution in [0, 0.1) is 12.8 Å². The van der Waals surface area contributed by atoms with Gasteiger partial charge in [-0.05, 0) is 36.6 Å². The number of aliphatic carboxylic acids is 1. The van der Waals surface area contributed by atoms with Gasteiger partial charge in [-0.3, -0.25) is 19.2 Å². The van der Waals surface area contributed by atoms with Gasteiger partial charge in [-0.2, -0.15) is 0 Å². The van der Waals surface area contributed by atoms with Gasteiger partial charge in [0.05, 0.1) is 13.0 Å². The second-order valence-corrected chi connectivity index (χ2v) is 10.4. The molecule has 1 heterocycles. The molecule has 3 N–H and O–H groups in total. The number of aryl methyl sites for hydroxylation is 2. The minimum absolute atomic E-state index is 0.0764. The number of amides is 2. The Bertz CT molecular complexity index is 1340. The second kappa shape index (κ2) is 13.1. The SMILES string of the molecule is Cc1c(C(=O)N[C@H](C(=O)NC(CC(=O)O)C(=O)COCc2c(Cl)cccc2Cl)C(C)C)n(C)c2ccccc12. The fourth-order valence-electron chi connectivity index (χ4n) is 4.36. The van der Waals surface area contributed by atoms with E-state index in [2.05, 4.69) is 10.6 Å². The predicted octanol–water partition coefficient (Wildman–Crippen LogP) is 4.29. The number of hydrogen-bond donors (Lipinski definition) is 3. The summed E-state index contributed by atoms with van der Waals surface area (Å²) < 4.78 is 7.20. The van der Waals surface area contributed by atoms with Gasteiger partial charge in [0.15, 0.2) is 5.78 Å². The third kappa shape index (κ3) is 7.17. The summed E-state index contributed by atoms with van der Waals surface area (Å²) in [4.78, 5) is 50.8. The highest BCUT2D eigenvalue weighted by Crippen LogP contribution is 2.26. The fraction of sp³-hybridized carbons (Fsp3) is 0.357. The number of rotatable bonds is 12. The molecule has 0 radical (unpaired) electrons. The predicted molar refractivity (Wildman–Crippen MR) is 149 cm³/mol. The minimum atomic E-state index is -1.37. The Hall–Kier alpha value is -3.40. The molecule has 0 saturated heterocycles. The van der Waals surface area contributed by atoms with Gasteiger partial charge in [0, 0.05) is 33.6 Å². The monoisotopic (exact) mass is 575 g/mol. The average molecular weight is 576 g/mol. The van der Waals surface area contributed by atoms with Crippen LogP contribution in [-0.4, -0.2) is 51.9 Å². The maximum absolute atomic E-state index is 13.3. The molecular weight excluding hydrogens is 545 g/mol. The number of benzene rings is 2. The third-order valence-corrected chi connectivity index (χ3v) is 7.16. The Balaban J connectivity index is 1.72. The molecule has 0 saturated carbocycles. The van der Waals surface area contributed by atoms with E-state index < -0.39 is 48.7 Å². The zero-order chi connectivity index (χ0) is 28.9. The topological polar surface area (TPSA) is 127 Å². The van der Waals surface area contributed by atoms with E-state index in [9.17, 15) is 24.3 Å². The van der Waals surface area contributed by atoms with E-state index in [1.165, 1.54) is 0 Å². The van der Waals surface area contributed by atoms with E-state index in [1.54, 1.807) is 43.7 Å². The van der Waals surface area contributed by atoms with Crippen molar-refractivity contribution in [1.82, 2.24) is 15.2 Å². The quantitative estimate of drug-likeness (QED) is 0.295. The van der Waals surface area contributed by atoms with Gasteiger partial charge in [0.1, 0.15) is 24.4 Å². The molecular formula is C28H31Cl2N3O6. The molecule has 208 valence electrons. The number of para-hydroxylation sites is 1. The summed E-state index contributed by atoms with van der Waals surface area (Å²) in [5.74, 6) is -3.42. The zero-order valence-electron chi connectivity index (χ0n) is 22.1. The molecule has 2 aromatic carbocycles. The molecule has 39 heavy (non-hydrogen) atoms. The molecule has 2 amide bonds. The van der Waals surface area contributed by atoms with Crippen LogP contribution in [0.2, 0.25) is 10.0 Å². The molecule has 0 spiro atoms. The maximum Gasteiger partial charge on any atom is 0.305 e. The number of carboxylic acids is 1. The van der Waals surface area contributed by atoms with Crippen LogP contribution in [0.4, 0.5) is 0 Å². The van der Waals surface area contributed by atoms with E-state index in [0.29, 0.717) is 21.3 Å². The Morgan fingerprint density at radius 2 is 1.64 bits per heavy atom. The first kappa shape index (κ1) is 30.1. The van der Waals surface area contributed by atoms with Crippen LogP contribution in [0.25, 0.3) is 10.9 Å². The number of Topliss-reactive ketones (excluding diaryl/α,β-unsaturated/α-hetero) is 1. The molecule has 11 heteroatoms. The number of fused-ring (bicyclic) bond motifs is 1. The molecule has 0 aliphatic carbocycles. The van der Waals surface area contributed by atoms with Crippen LogP contribution in [0.3, 0.4) is 0 Å². The molecule has 1 unspecified atom stereocenters. The van der Waals surface area contributed by atoms with Gasteiger partial charge in [0.2, 0.25) is 5.91 Å². The number of halogens is 2. The second-order valence-electron chi connectivity index (χ2n) is 9.56. The highest BCUT2D eigenvalue weighted by atomic mass is 35.5. The lowest BCUT2D eigenvalue weighted by Crippen LogP contribution is -2.54. The Labute approximate surface area is 236 Å². The molecule has 0 aliphatic heterocycles.